The monoisotopic (exact) mass is 308 g/mol. The zero-order valence-electron chi connectivity index (χ0n) is 12.2. The number of imide groups is 1. The molecule has 0 aliphatic carbocycles. The van der Waals surface area contributed by atoms with E-state index in [2.05, 4.69) is 11.9 Å². The summed E-state index contributed by atoms with van der Waals surface area (Å²) in [6.45, 7) is 1.65. The average Bonchev–Trinajstić information content (AvgIpc) is 2.71. The predicted molar refractivity (Wildman–Crippen MR) is 83.9 cm³/mol. The van der Waals surface area contributed by atoms with Gasteiger partial charge in [0.05, 0.1) is 11.1 Å². The van der Waals surface area contributed by atoms with Gasteiger partial charge in [0.15, 0.2) is 0 Å². The Labute approximate surface area is 131 Å². The van der Waals surface area contributed by atoms with Gasteiger partial charge in [-0.25, -0.2) is 0 Å². The van der Waals surface area contributed by atoms with Crippen molar-refractivity contribution in [2.24, 2.45) is 0 Å². The molecule has 3 rings (SSSR count). The van der Waals surface area contributed by atoms with Crippen molar-refractivity contribution in [3.8, 4) is 0 Å². The number of rotatable bonds is 3. The number of fused-ring (bicyclic) bond motifs is 1. The molecule has 0 aromatic heterocycles. The van der Waals surface area contributed by atoms with Gasteiger partial charge in [0.25, 0.3) is 11.8 Å². The van der Waals surface area contributed by atoms with Crippen LogP contribution in [0.15, 0.2) is 24.3 Å². The van der Waals surface area contributed by atoms with Crippen LogP contribution < -0.4 is 0 Å². The van der Waals surface area contributed by atoms with Gasteiger partial charge in [-0.1, -0.05) is 18.6 Å². The van der Waals surface area contributed by atoms with Crippen molar-refractivity contribution in [1.82, 2.24) is 9.80 Å². The average molecular weight is 309 g/mol. The summed E-state index contributed by atoms with van der Waals surface area (Å²) in [5.74, 6) is -0.270. The summed E-state index contributed by atoms with van der Waals surface area (Å²) in [5, 5.41) is 0. The Hall–Kier alpha value is -1.39. The minimum Gasteiger partial charge on any atom is -0.303 e. The highest BCUT2D eigenvalue weighted by atomic mass is 35.5. The molecule has 0 bridgehead atoms. The standard InChI is InChI=1S/C16H20N2O2.ClH/c1-17-10-5-4-6-12(17)9-11-18-15(19)13-7-2-3-8-14(13)16(18)20;/h2-3,7-8,12H,4-6,9-11H2,1H3;1H. The molecule has 1 atom stereocenters. The van der Waals surface area contributed by atoms with Gasteiger partial charge in [-0.15, -0.1) is 12.4 Å². The highest BCUT2D eigenvalue weighted by Gasteiger charge is 2.35. The Morgan fingerprint density at radius 1 is 1.10 bits per heavy atom. The molecule has 4 nitrogen and oxygen atoms in total. The van der Waals surface area contributed by atoms with Crippen LogP contribution in [-0.2, 0) is 0 Å². The van der Waals surface area contributed by atoms with Gasteiger partial charge in [-0.2, -0.15) is 0 Å². The normalized spacial score (nSPS) is 22.1. The first-order chi connectivity index (χ1) is 9.68. The SMILES string of the molecule is CN1CCCCC1CCN1C(=O)c2ccccc2C1=O.Cl. The van der Waals surface area contributed by atoms with E-state index in [0.29, 0.717) is 23.7 Å². The van der Waals surface area contributed by atoms with Gasteiger partial charge < -0.3 is 4.90 Å². The van der Waals surface area contributed by atoms with E-state index in [9.17, 15) is 9.59 Å². The number of nitrogens with zero attached hydrogens (tertiary/aromatic N) is 2. The minimum absolute atomic E-state index is 0. The number of likely N-dealkylation sites (tertiary alicyclic amines) is 1. The smallest absolute Gasteiger partial charge is 0.261 e. The molecule has 21 heavy (non-hydrogen) atoms. The van der Waals surface area contributed by atoms with Gasteiger partial charge >= 0.3 is 0 Å². The van der Waals surface area contributed by atoms with Crippen molar-refractivity contribution in [3.05, 3.63) is 35.4 Å². The third-order valence-electron chi connectivity index (χ3n) is 4.49. The first-order valence-electron chi connectivity index (χ1n) is 7.34. The lowest BCUT2D eigenvalue weighted by Crippen LogP contribution is -2.40. The number of hydrogen-bond acceptors (Lipinski definition) is 3. The van der Waals surface area contributed by atoms with Crippen LogP contribution in [0.3, 0.4) is 0 Å². The molecule has 2 aliphatic heterocycles. The van der Waals surface area contributed by atoms with Crippen molar-refractivity contribution in [2.75, 3.05) is 20.1 Å². The highest BCUT2D eigenvalue weighted by Crippen LogP contribution is 2.24. The van der Waals surface area contributed by atoms with Crippen LogP contribution in [0.25, 0.3) is 0 Å². The van der Waals surface area contributed by atoms with Crippen molar-refractivity contribution in [1.29, 1.82) is 0 Å². The largest absolute Gasteiger partial charge is 0.303 e. The molecule has 1 unspecified atom stereocenters. The van der Waals surface area contributed by atoms with Gasteiger partial charge in [-0.3, -0.25) is 14.5 Å². The Bertz CT molecular complexity index is 512. The fourth-order valence-corrected chi connectivity index (χ4v) is 3.23. The molecule has 0 spiro atoms. The molecule has 1 aromatic carbocycles. The molecule has 0 radical (unpaired) electrons. The van der Waals surface area contributed by atoms with Crippen LogP contribution in [0.1, 0.15) is 46.4 Å². The third-order valence-corrected chi connectivity index (χ3v) is 4.49. The Morgan fingerprint density at radius 3 is 2.29 bits per heavy atom. The molecule has 2 aliphatic rings. The van der Waals surface area contributed by atoms with Crippen LogP contribution in [0.4, 0.5) is 0 Å². The third kappa shape index (κ3) is 2.97. The van der Waals surface area contributed by atoms with Crippen LogP contribution in [0, 0.1) is 0 Å². The van der Waals surface area contributed by atoms with Crippen molar-refractivity contribution >= 4 is 24.2 Å². The molecular formula is C16H21ClN2O2. The lowest BCUT2D eigenvalue weighted by Gasteiger charge is -2.33. The van der Waals surface area contributed by atoms with Gasteiger partial charge in [0.2, 0.25) is 0 Å². The second-order valence-corrected chi connectivity index (χ2v) is 5.73. The number of halogens is 1. The maximum atomic E-state index is 12.3. The molecule has 114 valence electrons. The summed E-state index contributed by atoms with van der Waals surface area (Å²) in [6.07, 6.45) is 4.54. The molecular weight excluding hydrogens is 288 g/mol. The van der Waals surface area contributed by atoms with Crippen LogP contribution in [0.5, 0.6) is 0 Å². The number of carbonyl (C=O) groups excluding carboxylic acids is 2. The van der Waals surface area contributed by atoms with Gasteiger partial charge in [-0.05, 0) is 45.0 Å². The summed E-state index contributed by atoms with van der Waals surface area (Å²) in [6, 6.07) is 7.59. The fraction of sp³-hybridized carbons (Fsp3) is 0.500. The topological polar surface area (TPSA) is 40.6 Å². The predicted octanol–water partition coefficient (Wildman–Crippen LogP) is 2.58. The number of piperidine rings is 1. The minimum atomic E-state index is -0.135. The summed E-state index contributed by atoms with van der Waals surface area (Å²) >= 11 is 0. The van der Waals surface area contributed by atoms with Gasteiger partial charge in [0, 0.05) is 12.6 Å². The summed E-state index contributed by atoms with van der Waals surface area (Å²) in [4.78, 5) is 28.3. The second-order valence-electron chi connectivity index (χ2n) is 5.73. The van der Waals surface area contributed by atoms with Crippen LogP contribution in [-0.4, -0.2) is 47.8 Å². The number of amides is 2. The molecule has 1 fully saturated rings. The fourth-order valence-electron chi connectivity index (χ4n) is 3.23. The molecule has 2 heterocycles. The molecule has 5 heteroatoms. The number of carbonyl (C=O) groups is 2. The maximum absolute atomic E-state index is 12.3. The summed E-state index contributed by atoms with van der Waals surface area (Å²) in [7, 11) is 2.13. The van der Waals surface area contributed by atoms with Crippen molar-refractivity contribution in [2.45, 2.75) is 31.7 Å². The number of hydrogen-bond donors (Lipinski definition) is 0. The van der Waals surface area contributed by atoms with E-state index in [0.717, 1.165) is 13.0 Å². The first-order valence-corrected chi connectivity index (χ1v) is 7.34. The van der Waals surface area contributed by atoms with Crippen LogP contribution in [0.2, 0.25) is 0 Å². The molecule has 1 saturated heterocycles. The lowest BCUT2D eigenvalue weighted by molar-refractivity contribution is 0.0630. The molecule has 1 aromatic rings. The zero-order valence-corrected chi connectivity index (χ0v) is 13.1. The molecule has 0 saturated carbocycles. The molecule has 0 N–H and O–H groups in total. The van der Waals surface area contributed by atoms with Crippen molar-refractivity contribution in [3.63, 3.8) is 0 Å². The van der Waals surface area contributed by atoms with E-state index in [1.54, 1.807) is 12.1 Å². The van der Waals surface area contributed by atoms with E-state index >= 15 is 0 Å². The molecule has 2 amide bonds. The number of benzene rings is 1. The van der Waals surface area contributed by atoms with Gasteiger partial charge in [0.1, 0.15) is 0 Å². The quantitative estimate of drug-likeness (QED) is 0.806. The van der Waals surface area contributed by atoms with E-state index in [4.69, 9.17) is 0 Å². The van der Waals surface area contributed by atoms with E-state index < -0.39 is 0 Å². The van der Waals surface area contributed by atoms with E-state index in [1.807, 2.05) is 12.1 Å². The Balaban J connectivity index is 0.00000161. The first kappa shape index (κ1) is 16.0. The second kappa shape index (κ2) is 6.58. The Morgan fingerprint density at radius 2 is 1.71 bits per heavy atom. The Kier molecular flexibility index (Phi) is 5.01. The van der Waals surface area contributed by atoms with E-state index in [1.165, 1.54) is 24.2 Å². The highest BCUT2D eigenvalue weighted by molar-refractivity contribution is 6.21. The zero-order chi connectivity index (χ0) is 14.1. The lowest BCUT2D eigenvalue weighted by atomic mass is 10.00. The summed E-state index contributed by atoms with van der Waals surface area (Å²) < 4.78 is 0. The van der Waals surface area contributed by atoms with Crippen molar-refractivity contribution < 1.29 is 9.59 Å². The summed E-state index contributed by atoms with van der Waals surface area (Å²) in [5.41, 5.74) is 1.10. The van der Waals surface area contributed by atoms with Crippen LogP contribution >= 0.6 is 12.4 Å². The maximum Gasteiger partial charge on any atom is 0.261 e. The van der Waals surface area contributed by atoms with E-state index in [-0.39, 0.29) is 24.2 Å².